The summed E-state index contributed by atoms with van der Waals surface area (Å²) in [7, 11) is -1.05. The van der Waals surface area contributed by atoms with E-state index in [-0.39, 0.29) is 24.4 Å². The average Bonchev–Trinajstić information content (AvgIpc) is 3.05. The molecule has 0 heterocycles. The lowest BCUT2D eigenvalue weighted by Gasteiger charge is -2.06. The molecule has 0 radical (unpaired) electrons. The predicted molar refractivity (Wildman–Crippen MR) is 216 cm³/mol. The monoisotopic (exact) mass is 838 g/mol. The number of alkyl carbamates (subject to hydrolysis) is 1. The SMILES string of the molecule is O=C(NCSCCSC/N=C\S(=O)CCSCCO)OCSCCSCOO/C=N/CSCCSCNC(=O)SCCSCCO. The second kappa shape index (κ2) is 40.5. The second-order valence-corrected chi connectivity index (χ2v) is 19.1. The summed E-state index contributed by atoms with van der Waals surface area (Å²) in [5.41, 5.74) is 1.50. The molecule has 2 amide bonds. The number of amides is 2. The van der Waals surface area contributed by atoms with Gasteiger partial charge in [0.05, 0.1) is 53.1 Å². The summed E-state index contributed by atoms with van der Waals surface area (Å²) in [5, 5.41) is 23.0. The molecule has 0 aromatic heterocycles. The quantitative estimate of drug-likeness (QED) is 0.0178. The topological polar surface area (TPSA) is 168 Å². The third kappa shape index (κ3) is 39.5. The Hall–Kier alpha value is 1.06. The number of nitrogens with zero attached hydrogens (tertiary/aromatic N) is 2. The number of carbonyl (C=O) groups excluding carboxylic acids is 2. The molecule has 0 fully saturated rings. The molecule has 22 heteroatoms. The van der Waals surface area contributed by atoms with Crippen molar-refractivity contribution in [3.63, 3.8) is 0 Å². The number of thioether (sulfide) groups is 9. The molecule has 0 aliphatic heterocycles. The lowest BCUT2D eigenvalue weighted by atomic mass is 10.9. The normalized spacial score (nSPS) is 12.1. The van der Waals surface area contributed by atoms with Crippen LogP contribution < -0.4 is 10.6 Å². The summed E-state index contributed by atoms with van der Waals surface area (Å²) in [6.07, 6.45) is 0.859. The number of nitrogens with one attached hydrogen (secondary N) is 2. The number of aliphatic hydroxyl groups is 2. The van der Waals surface area contributed by atoms with Crippen LogP contribution in [0.15, 0.2) is 9.98 Å². The molecule has 1 atom stereocenters. The van der Waals surface area contributed by atoms with Crippen LogP contribution in [0.4, 0.5) is 9.59 Å². The summed E-state index contributed by atoms with van der Waals surface area (Å²) in [6, 6.07) is 0. The Morgan fingerprint density at radius 1 is 0.674 bits per heavy atom. The fourth-order valence-electron chi connectivity index (χ4n) is 2.25. The summed E-state index contributed by atoms with van der Waals surface area (Å²) in [5.74, 6) is 12.3. The van der Waals surface area contributed by atoms with Crippen molar-refractivity contribution in [2.45, 2.75) is 0 Å². The maximum absolute atomic E-state index is 11.7. The van der Waals surface area contributed by atoms with Crippen LogP contribution in [0.1, 0.15) is 0 Å². The lowest BCUT2D eigenvalue weighted by molar-refractivity contribution is -0.196. The fraction of sp³-hybridized carbons (Fsp3) is 0.833. The Kier molecular flexibility index (Phi) is 41.4. The van der Waals surface area contributed by atoms with Crippen LogP contribution in [0.3, 0.4) is 0 Å². The van der Waals surface area contributed by atoms with E-state index in [1.165, 1.54) is 35.5 Å². The minimum atomic E-state index is -1.05. The average molecular weight is 839 g/mol. The van der Waals surface area contributed by atoms with E-state index in [0.29, 0.717) is 46.7 Å². The van der Waals surface area contributed by atoms with Crippen molar-refractivity contribution in [1.82, 2.24) is 10.6 Å². The van der Waals surface area contributed by atoms with E-state index in [0.717, 1.165) is 51.8 Å². The first kappa shape index (κ1) is 47.1. The van der Waals surface area contributed by atoms with Crippen molar-refractivity contribution in [3.05, 3.63) is 0 Å². The minimum absolute atomic E-state index is 0.0102. The molecule has 0 rings (SSSR count). The summed E-state index contributed by atoms with van der Waals surface area (Å²) < 4.78 is 16.8. The van der Waals surface area contributed by atoms with Gasteiger partial charge in [-0.15, -0.1) is 70.6 Å². The van der Waals surface area contributed by atoms with Gasteiger partial charge in [0, 0.05) is 69.0 Å². The largest absolute Gasteiger partial charge is 0.438 e. The number of carbonyl (C=O) groups is 2. The van der Waals surface area contributed by atoms with E-state index < -0.39 is 16.9 Å². The van der Waals surface area contributed by atoms with E-state index in [1.54, 1.807) is 82.3 Å². The molecule has 0 aromatic rings. The number of aliphatic hydroxyl groups excluding tert-OH is 2. The highest BCUT2D eigenvalue weighted by Gasteiger charge is 2.03. The minimum Gasteiger partial charge on any atom is -0.438 e. The van der Waals surface area contributed by atoms with E-state index in [9.17, 15) is 13.8 Å². The maximum atomic E-state index is 11.7. The highest BCUT2D eigenvalue weighted by Crippen LogP contribution is 2.11. The fourth-order valence-corrected chi connectivity index (χ4v) is 10.5. The molecule has 12 nitrogen and oxygen atoms in total. The Balaban J connectivity index is 3.32. The number of aliphatic imine (C=N–C) groups is 2. The molecule has 270 valence electrons. The Morgan fingerprint density at radius 2 is 1.26 bits per heavy atom. The van der Waals surface area contributed by atoms with Crippen LogP contribution in [-0.2, 0) is 25.3 Å². The zero-order valence-electron chi connectivity index (χ0n) is 25.6. The lowest BCUT2D eigenvalue weighted by Crippen LogP contribution is -2.24. The van der Waals surface area contributed by atoms with Crippen LogP contribution in [-0.4, -0.2) is 155 Å². The molecular formula is C24H46N4O8S10. The summed E-state index contributed by atoms with van der Waals surface area (Å²) in [6.45, 7) is 0.317. The molecule has 0 saturated heterocycles. The molecule has 0 bridgehead atoms. The molecule has 0 spiro atoms. The van der Waals surface area contributed by atoms with Crippen LogP contribution >= 0.6 is 106 Å². The van der Waals surface area contributed by atoms with E-state index in [1.807, 2.05) is 0 Å². The van der Waals surface area contributed by atoms with Gasteiger partial charge in [0.25, 0.3) is 5.24 Å². The van der Waals surface area contributed by atoms with Gasteiger partial charge < -0.3 is 30.5 Å². The first-order valence-electron chi connectivity index (χ1n) is 13.9. The Bertz CT molecular complexity index is 797. The molecule has 1 unspecified atom stereocenters. The van der Waals surface area contributed by atoms with Crippen molar-refractivity contribution < 1.29 is 38.5 Å². The molecule has 0 saturated carbocycles. The van der Waals surface area contributed by atoms with Crippen LogP contribution in [0.5, 0.6) is 0 Å². The summed E-state index contributed by atoms with van der Waals surface area (Å²) in [4.78, 5) is 41.6. The first-order valence-corrected chi connectivity index (χ1v) is 25.5. The van der Waals surface area contributed by atoms with E-state index in [4.69, 9.17) is 24.7 Å². The second-order valence-electron chi connectivity index (χ2n) is 7.70. The van der Waals surface area contributed by atoms with Crippen LogP contribution in [0, 0.1) is 0 Å². The zero-order valence-corrected chi connectivity index (χ0v) is 33.8. The van der Waals surface area contributed by atoms with Crippen molar-refractivity contribution >= 4 is 140 Å². The van der Waals surface area contributed by atoms with Gasteiger partial charge in [-0.25, -0.2) is 9.79 Å². The van der Waals surface area contributed by atoms with Crippen molar-refractivity contribution in [1.29, 1.82) is 0 Å². The molecular weight excluding hydrogens is 793 g/mol. The van der Waals surface area contributed by atoms with Gasteiger partial charge in [0.1, 0.15) is 11.9 Å². The standard InChI is InChI=1S/C24H46N4O8S10/c29-1-3-37-11-12-45-24(32)28-19-42-8-5-39-16-25-15-35-36-22-44-10-9-43-21-34-23(31)27-18-41-7-6-40-17-26-20-46(33)14-13-38-4-2-30/h15,20,29-30H,1-14,16-19,21-22H2,(H,27,31)(H,28,32)/b25-15+,26-20-. The Morgan fingerprint density at radius 3 is 1.98 bits per heavy atom. The molecule has 0 aliphatic rings. The highest BCUT2D eigenvalue weighted by molar-refractivity contribution is 8.14. The molecule has 0 aromatic carbocycles. The van der Waals surface area contributed by atoms with Crippen molar-refractivity contribution in [2.75, 3.05) is 118 Å². The third-order valence-corrected chi connectivity index (χ3v) is 14.1. The van der Waals surface area contributed by atoms with Crippen LogP contribution in [0.25, 0.3) is 0 Å². The first-order chi connectivity index (χ1) is 22.6. The zero-order chi connectivity index (χ0) is 33.6. The number of rotatable bonds is 34. The van der Waals surface area contributed by atoms with Gasteiger partial charge in [-0.05, 0) is 0 Å². The highest BCUT2D eigenvalue weighted by atomic mass is 32.2. The molecule has 46 heavy (non-hydrogen) atoms. The third-order valence-electron chi connectivity index (χ3n) is 4.23. The van der Waals surface area contributed by atoms with Gasteiger partial charge in [0.2, 0.25) is 6.40 Å². The van der Waals surface area contributed by atoms with E-state index >= 15 is 0 Å². The number of hydrogen-bond acceptors (Lipinski definition) is 19. The van der Waals surface area contributed by atoms with E-state index in [2.05, 4.69) is 20.6 Å². The summed E-state index contributed by atoms with van der Waals surface area (Å²) >= 11 is 14.1. The van der Waals surface area contributed by atoms with Gasteiger partial charge in [-0.2, -0.15) is 28.4 Å². The predicted octanol–water partition coefficient (Wildman–Crippen LogP) is 4.50. The molecule has 0 aliphatic carbocycles. The molecule has 4 N–H and O–H groups in total. The van der Waals surface area contributed by atoms with Gasteiger partial charge in [-0.3, -0.25) is 14.0 Å². The van der Waals surface area contributed by atoms with Crippen LogP contribution in [0.2, 0.25) is 0 Å². The van der Waals surface area contributed by atoms with Gasteiger partial charge >= 0.3 is 6.09 Å². The van der Waals surface area contributed by atoms with Crippen molar-refractivity contribution in [3.8, 4) is 0 Å². The van der Waals surface area contributed by atoms with Crippen molar-refractivity contribution in [2.24, 2.45) is 9.98 Å². The Labute approximate surface area is 314 Å². The smallest absolute Gasteiger partial charge is 0.408 e. The maximum Gasteiger partial charge on any atom is 0.408 e. The van der Waals surface area contributed by atoms with Gasteiger partial charge in [-0.1, -0.05) is 11.8 Å². The number of hydrogen-bond donors (Lipinski definition) is 4. The number of ether oxygens (including phenoxy) is 1. The van der Waals surface area contributed by atoms with Gasteiger partial charge in [0.15, 0.2) is 0 Å².